The number of fused-ring (bicyclic) bond motifs is 2. The highest BCUT2D eigenvalue weighted by molar-refractivity contribution is 7.20. The molecule has 1 atom stereocenters. The predicted molar refractivity (Wildman–Crippen MR) is 130 cm³/mol. The minimum absolute atomic E-state index is 0.0946. The molecule has 1 saturated heterocycles. The molecular weight excluding hydrogens is 452 g/mol. The van der Waals surface area contributed by atoms with Crippen molar-refractivity contribution in [3.05, 3.63) is 62.5 Å². The van der Waals surface area contributed by atoms with Crippen molar-refractivity contribution in [2.75, 3.05) is 26.2 Å². The monoisotopic (exact) mass is 480 g/mol. The number of nitrogens with zero attached hydrogens (tertiary/aromatic N) is 4. The van der Waals surface area contributed by atoms with E-state index in [9.17, 15) is 14.4 Å². The molecule has 0 aliphatic carbocycles. The average molecular weight is 481 g/mol. The van der Waals surface area contributed by atoms with Gasteiger partial charge in [0.25, 0.3) is 11.5 Å². The summed E-state index contributed by atoms with van der Waals surface area (Å²) in [5, 5.41) is 0.483. The normalized spacial score (nSPS) is 17.1. The topological polar surface area (TPSA) is 84.7 Å². The average Bonchev–Trinajstić information content (AvgIpc) is 3.44. The molecule has 0 bridgehead atoms. The Morgan fingerprint density at radius 1 is 1.12 bits per heavy atom. The minimum atomic E-state index is -0.892. The lowest BCUT2D eigenvalue weighted by molar-refractivity contribution is -0.141. The van der Waals surface area contributed by atoms with Gasteiger partial charge in [-0.1, -0.05) is 30.3 Å². The molecular formula is C25H28N4O4S. The van der Waals surface area contributed by atoms with Crippen molar-refractivity contribution >= 4 is 33.4 Å². The molecule has 0 unspecified atom stereocenters. The summed E-state index contributed by atoms with van der Waals surface area (Å²) in [6, 6.07) is 10.3. The van der Waals surface area contributed by atoms with Crippen LogP contribution in [0.25, 0.3) is 10.2 Å². The van der Waals surface area contributed by atoms with Gasteiger partial charge in [0.15, 0.2) is 6.10 Å². The molecule has 2 aliphatic heterocycles. The van der Waals surface area contributed by atoms with Crippen LogP contribution < -0.4 is 5.56 Å². The van der Waals surface area contributed by atoms with Crippen molar-refractivity contribution in [1.29, 1.82) is 0 Å². The molecule has 1 aromatic carbocycles. The number of hydrogen-bond donors (Lipinski definition) is 0. The van der Waals surface area contributed by atoms with Crippen LogP contribution in [0.5, 0.6) is 0 Å². The van der Waals surface area contributed by atoms with Gasteiger partial charge in [-0.15, -0.1) is 11.3 Å². The second-order valence-electron chi connectivity index (χ2n) is 8.96. The van der Waals surface area contributed by atoms with Gasteiger partial charge in [-0.05, 0) is 31.4 Å². The summed E-state index contributed by atoms with van der Waals surface area (Å²) in [7, 11) is 0. The Kier molecular flexibility index (Phi) is 6.22. The zero-order valence-corrected chi connectivity index (χ0v) is 20.3. The Hall–Kier alpha value is -3.04. The van der Waals surface area contributed by atoms with E-state index < -0.39 is 12.1 Å². The standard InChI is InChI=1S/C25H28N4O4S/c1-16-20-22(26-19-9-6-10-29(19)24(20)31)34-21(16)25(32)33-17(2)23(30)28-13-11-27(12-14-28)15-18-7-4-3-5-8-18/h3-5,7-8,17H,6,9-15H2,1-2H3/t17-/m1/s1. The molecule has 3 aromatic rings. The number of benzene rings is 1. The van der Waals surface area contributed by atoms with Gasteiger partial charge in [-0.2, -0.15) is 0 Å². The molecule has 0 radical (unpaired) electrons. The van der Waals surface area contributed by atoms with Gasteiger partial charge < -0.3 is 9.64 Å². The quantitative estimate of drug-likeness (QED) is 0.522. The summed E-state index contributed by atoms with van der Waals surface area (Å²) >= 11 is 1.17. The molecule has 9 heteroatoms. The van der Waals surface area contributed by atoms with Crippen LogP contribution in [0.15, 0.2) is 35.1 Å². The van der Waals surface area contributed by atoms with Crippen LogP contribution in [0.4, 0.5) is 0 Å². The molecule has 4 heterocycles. The lowest BCUT2D eigenvalue weighted by atomic mass is 10.2. The van der Waals surface area contributed by atoms with Crippen molar-refractivity contribution in [1.82, 2.24) is 19.4 Å². The van der Waals surface area contributed by atoms with Crippen LogP contribution in [-0.2, 0) is 29.0 Å². The summed E-state index contributed by atoms with van der Waals surface area (Å²) in [4.78, 5) is 48.3. The smallest absolute Gasteiger partial charge is 0.349 e. The molecule has 0 saturated carbocycles. The number of carbonyl (C=O) groups is 2. The van der Waals surface area contributed by atoms with E-state index in [2.05, 4.69) is 22.0 Å². The predicted octanol–water partition coefficient (Wildman–Crippen LogP) is 2.60. The van der Waals surface area contributed by atoms with E-state index in [0.29, 0.717) is 40.3 Å². The fourth-order valence-corrected chi connectivity index (χ4v) is 5.83. The van der Waals surface area contributed by atoms with Crippen molar-refractivity contribution in [3.63, 3.8) is 0 Å². The maximum atomic E-state index is 12.9. The summed E-state index contributed by atoms with van der Waals surface area (Å²) in [5.41, 5.74) is 1.74. The van der Waals surface area contributed by atoms with Gasteiger partial charge in [-0.3, -0.25) is 19.1 Å². The largest absolute Gasteiger partial charge is 0.448 e. The zero-order valence-electron chi connectivity index (χ0n) is 19.5. The first-order chi connectivity index (χ1) is 16.4. The van der Waals surface area contributed by atoms with Crippen molar-refractivity contribution in [2.45, 2.75) is 45.9 Å². The number of thiophene rings is 1. The highest BCUT2D eigenvalue weighted by Gasteiger charge is 2.30. The second kappa shape index (κ2) is 9.31. The Morgan fingerprint density at radius 3 is 2.59 bits per heavy atom. The number of hydrogen-bond acceptors (Lipinski definition) is 7. The van der Waals surface area contributed by atoms with E-state index in [1.165, 1.54) is 16.9 Å². The van der Waals surface area contributed by atoms with Crippen LogP contribution in [0.3, 0.4) is 0 Å². The van der Waals surface area contributed by atoms with Crippen LogP contribution in [0.2, 0.25) is 0 Å². The molecule has 1 fully saturated rings. The molecule has 5 rings (SSSR count). The number of rotatable bonds is 5. The van der Waals surface area contributed by atoms with E-state index in [4.69, 9.17) is 4.74 Å². The van der Waals surface area contributed by atoms with Crippen LogP contribution in [-0.4, -0.2) is 63.5 Å². The van der Waals surface area contributed by atoms with Crippen molar-refractivity contribution < 1.29 is 14.3 Å². The minimum Gasteiger partial charge on any atom is -0.448 e. The van der Waals surface area contributed by atoms with Crippen LogP contribution in [0.1, 0.15) is 40.0 Å². The first kappa shape index (κ1) is 22.7. The van der Waals surface area contributed by atoms with E-state index >= 15 is 0 Å². The molecule has 0 spiro atoms. The number of esters is 1. The van der Waals surface area contributed by atoms with E-state index in [1.807, 2.05) is 18.2 Å². The first-order valence-corrected chi connectivity index (χ1v) is 12.5. The number of aryl methyl sites for hydroxylation is 2. The van der Waals surface area contributed by atoms with E-state index in [1.54, 1.807) is 23.3 Å². The summed E-state index contributed by atoms with van der Waals surface area (Å²) < 4.78 is 7.25. The zero-order chi connectivity index (χ0) is 23.8. The third kappa shape index (κ3) is 4.25. The van der Waals surface area contributed by atoms with Gasteiger partial charge in [0, 0.05) is 45.7 Å². The molecule has 178 valence electrons. The fourth-order valence-electron chi connectivity index (χ4n) is 4.76. The van der Waals surface area contributed by atoms with Crippen LogP contribution in [0, 0.1) is 6.92 Å². The molecule has 8 nitrogen and oxygen atoms in total. The number of amides is 1. The summed E-state index contributed by atoms with van der Waals surface area (Å²) in [6.07, 6.45) is 0.788. The van der Waals surface area contributed by atoms with Gasteiger partial charge in [-0.25, -0.2) is 9.78 Å². The molecule has 34 heavy (non-hydrogen) atoms. The second-order valence-corrected chi connectivity index (χ2v) is 9.96. The van der Waals surface area contributed by atoms with Crippen molar-refractivity contribution in [2.24, 2.45) is 0 Å². The van der Waals surface area contributed by atoms with E-state index in [-0.39, 0.29) is 11.5 Å². The van der Waals surface area contributed by atoms with Gasteiger partial charge in [0.1, 0.15) is 15.5 Å². The number of piperazine rings is 1. The summed E-state index contributed by atoms with van der Waals surface area (Å²) in [5.74, 6) is 0.00545. The molecule has 2 aliphatic rings. The SMILES string of the molecule is Cc1c(C(=O)O[C@H](C)C(=O)N2CCN(Cc3ccccc3)CC2)sc2nc3n(c(=O)c12)CCC3. The Labute approximate surface area is 201 Å². The van der Waals surface area contributed by atoms with Gasteiger partial charge >= 0.3 is 5.97 Å². The third-order valence-corrected chi connectivity index (χ3v) is 7.83. The fraction of sp³-hybridized carbons (Fsp3) is 0.440. The van der Waals surface area contributed by atoms with E-state index in [0.717, 1.165) is 38.3 Å². The lowest BCUT2D eigenvalue weighted by Crippen LogP contribution is -2.51. The number of ether oxygens (including phenoxy) is 1. The Bertz CT molecular complexity index is 1290. The van der Waals surface area contributed by atoms with Crippen molar-refractivity contribution in [3.8, 4) is 0 Å². The molecule has 0 N–H and O–H groups in total. The van der Waals surface area contributed by atoms with Gasteiger partial charge in [0.2, 0.25) is 0 Å². The number of carbonyl (C=O) groups excluding carboxylic acids is 2. The third-order valence-electron chi connectivity index (χ3n) is 6.66. The highest BCUT2D eigenvalue weighted by Crippen LogP contribution is 2.29. The molecule has 2 aromatic heterocycles. The molecule has 1 amide bonds. The lowest BCUT2D eigenvalue weighted by Gasteiger charge is -2.35. The number of aromatic nitrogens is 2. The Balaban J connectivity index is 1.22. The highest BCUT2D eigenvalue weighted by atomic mass is 32.1. The summed E-state index contributed by atoms with van der Waals surface area (Å²) in [6.45, 7) is 7.63. The first-order valence-electron chi connectivity index (χ1n) is 11.7. The van der Waals surface area contributed by atoms with Crippen LogP contribution >= 0.6 is 11.3 Å². The maximum Gasteiger partial charge on any atom is 0.349 e. The van der Waals surface area contributed by atoms with Gasteiger partial charge in [0.05, 0.1) is 5.39 Å². The Morgan fingerprint density at radius 2 is 1.85 bits per heavy atom. The maximum absolute atomic E-state index is 12.9.